The fourth-order valence-corrected chi connectivity index (χ4v) is 1.49. The van der Waals surface area contributed by atoms with E-state index in [1.54, 1.807) is 18.3 Å². The van der Waals surface area contributed by atoms with Crippen molar-refractivity contribution in [2.24, 2.45) is 0 Å². The maximum absolute atomic E-state index is 5.34. The van der Waals surface area contributed by atoms with E-state index in [2.05, 4.69) is 41.8 Å². The molecular weight excluding hydrogens is 360 g/mol. The van der Waals surface area contributed by atoms with Gasteiger partial charge in [0, 0.05) is 14.1 Å². The Labute approximate surface area is 123 Å². The van der Waals surface area contributed by atoms with Gasteiger partial charge in [-0.05, 0) is 56.1 Å². The molecule has 2 heterocycles. The van der Waals surface area contributed by atoms with Crippen molar-refractivity contribution in [3.8, 4) is 0 Å². The molecule has 2 N–H and O–H groups in total. The molecule has 0 radical (unpaired) electrons. The van der Waals surface area contributed by atoms with Crippen LogP contribution in [0.4, 0.5) is 11.4 Å². The number of rotatable bonds is 1. The summed E-state index contributed by atoms with van der Waals surface area (Å²) in [7, 11) is 3.98. The minimum absolute atomic E-state index is 0.688. The van der Waals surface area contributed by atoms with Gasteiger partial charge in [-0.25, -0.2) is 9.97 Å². The minimum Gasteiger partial charge on any atom is -0.397 e. The van der Waals surface area contributed by atoms with Gasteiger partial charge in [-0.15, -0.1) is 0 Å². The fraction of sp³-hybridized carbons (Fsp3) is 0.167. The summed E-state index contributed by atoms with van der Waals surface area (Å²) in [4.78, 5) is 9.96. The molecule has 0 aliphatic heterocycles. The summed E-state index contributed by atoms with van der Waals surface area (Å²) < 4.78 is 1.69. The number of pyridine rings is 2. The van der Waals surface area contributed by atoms with Gasteiger partial charge in [0.25, 0.3) is 0 Å². The number of hydrogen-bond donors (Lipinski definition) is 1. The molecule has 0 saturated carbocycles. The van der Waals surface area contributed by atoms with Crippen LogP contribution in [-0.2, 0) is 0 Å². The van der Waals surface area contributed by atoms with Crippen LogP contribution in [0.2, 0.25) is 0 Å². The second kappa shape index (κ2) is 7.33. The first kappa shape index (κ1) is 14.9. The molecule has 0 unspecified atom stereocenters. The zero-order valence-corrected chi connectivity index (χ0v) is 13.3. The molecule has 0 bridgehead atoms. The monoisotopic (exact) mass is 372 g/mol. The smallest absolute Gasteiger partial charge is 0.106 e. The maximum Gasteiger partial charge on any atom is 0.106 e. The highest BCUT2D eigenvalue weighted by molar-refractivity contribution is 9.10. The molecule has 0 spiro atoms. The van der Waals surface area contributed by atoms with Crippen LogP contribution in [0.3, 0.4) is 0 Å². The van der Waals surface area contributed by atoms with Gasteiger partial charge < -0.3 is 10.6 Å². The number of nitrogen functional groups attached to an aromatic ring is 1. The zero-order valence-electron chi connectivity index (χ0n) is 10.1. The second-order valence-corrected chi connectivity index (χ2v) is 5.27. The summed E-state index contributed by atoms with van der Waals surface area (Å²) in [6.07, 6.45) is 3.42. The lowest BCUT2D eigenvalue weighted by atomic mass is 10.4. The number of aromatic nitrogens is 2. The number of nitrogens with zero attached hydrogens (tertiary/aromatic N) is 3. The van der Waals surface area contributed by atoms with Gasteiger partial charge in [0.2, 0.25) is 0 Å². The molecule has 0 aliphatic rings. The third-order valence-corrected chi connectivity index (χ3v) is 2.92. The van der Waals surface area contributed by atoms with Crippen molar-refractivity contribution in [1.29, 1.82) is 0 Å². The normalized spacial score (nSPS) is 9.33. The van der Waals surface area contributed by atoms with Crippen molar-refractivity contribution < 1.29 is 0 Å². The standard InChI is InChI=1S/C7H9BrN2.C5H5BrN2/c1-10(2)6-3-4-7(8)9-5-6;6-5-2-1-4(7)3-8-5/h3-5H,1-2H3;1-3H,7H2. The topological polar surface area (TPSA) is 55.0 Å². The molecule has 0 amide bonds. The molecule has 2 rings (SSSR count). The number of halogens is 2. The van der Waals surface area contributed by atoms with Gasteiger partial charge in [0.05, 0.1) is 23.8 Å². The van der Waals surface area contributed by atoms with E-state index in [4.69, 9.17) is 5.73 Å². The van der Waals surface area contributed by atoms with Crippen molar-refractivity contribution in [2.75, 3.05) is 24.7 Å². The first-order valence-electron chi connectivity index (χ1n) is 5.15. The summed E-state index contributed by atoms with van der Waals surface area (Å²) in [5, 5.41) is 0. The lowest BCUT2D eigenvalue weighted by Crippen LogP contribution is -2.08. The van der Waals surface area contributed by atoms with Crippen molar-refractivity contribution in [3.63, 3.8) is 0 Å². The van der Waals surface area contributed by atoms with E-state index < -0.39 is 0 Å². The Morgan fingerprint density at radius 3 is 1.83 bits per heavy atom. The van der Waals surface area contributed by atoms with E-state index in [0.717, 1.165) is 14.9 Å². The number of hydrogen-bond acceptors (Lipinski definition) is 4. The van der Waals surface area contributed by atoms with Crippen LogP contribution >= 0.6 is 31.9 Å². The lowest BCUT2D eigenvalue weighted by molar-refractivity contribution is 1.10. The molecule has 96 valence electrons. The Morgan fingerprint density at radius 2 is 1.50 bits per heavy atom. The van der Waals surface area contributed by atoms with Crippen molar-refractivity contribution >= 4 is 43.2 Å². The summed E-state index contributed by atoms with van der Waals surface area (Å²) in [6, 6.07) is 7.53. The first-order valence-corrected chi connectivity index (χ1v) is 6.73. The average molecular weight is 374 g/mol. The average Bonchev–Trinajstić information content (AvgIpc) is 2.34. The molecule has 0 fully saturated rings. The Bertz CT molecular complexity index is 447. The fourth-order valence-electron chi connectivity index (χ4n) is 1.02. The van der Waals surface area contributed by atoms with E-state index in [1.807, 2.05) is 37.3 Å². The molecule has 18 heavy (non-hydrogen) atoms. The van der Waals surface area contributed by atoms with E-state index >= 15 is 0 Å². The predicted molar refractivity (Wildman–Crippen MR) is 82.6 cm³/mol. The molecular formula is C12H14Br2N4. The molecule has 2 aromatic rings. The van der Waals surface area contributed by atoms with Gasteiger partial charge in [0.15, 0.2) is 0 Å². The summed E-state index contributed by atoms with van der Waals surface area (Å²) in [5.74, 6) is 0. The van der Waals surface area contributed by atoms with Gasteiger partial charge in [-0.1, -0.05) is 0 Å². The van der Waals surface area contributed by atoms with Crippen LogP contribution in [0.15, 0.2) is 45.9 Å². The highest BCUT2D eigenvalue weighted by Gasteiger charge is 1.92. The first-order chi connectivity index (χ1) is 8.49. The molecule has 6 heteroatoms. The third-order valence-electron chi connectivity index (χ3n) is 1.98. The van der Waals surface area contributed by atoms with Gasteiger partial charge in [0.1, 0.15) is 9.21 Å². The molecule has 0 aromatic carbocycles. The maximum atomic E-state index is 5.34. The van der Waals surface area contributed by atoms with E-state index in [9.17, 15) is 0 Å². The van der Waals surface area contributed by atoms with Gasteiger partial charge in [-0.3, -0.25) is 0 Å². The van der Waals surface area contributed by atoms with Crippen LogP contribution in [-0.4, -0.2) is 24.1 Å². The van der Waals surface area contributed by atoms with E-state index in [1.165, 1.54) is 0 Å². The van der Waals surface area contributed by atoms with Crippen molar-refractivity contribution in [2.45, 2.75) is 0 Å². The summed E-state index contributed by atoms with van der Waals surface area (Å²) in [5.41, 5.74) is 7.15. The predicted octanol–water partition coefficient (Wildman–Crippen LogP) is 3.34. The number of nitrogens with two attached hydrogens (primary N) is 1. The van der Waals surface area contributed by atoms with Crippen LogP contribution in [0.1, 0.15) is 0 Å². The number of anilines is 2. The second-order valence-electron chi connectivity index (χ2n) is 3.65. The summed E-state index contributed by atoms with van der Waals surface area (Å²) in [6.45, 7) is 0. The largest absolute Gasteiger partial charge is 0.397 e. The SMILES string of the molecule is CN(C)c1ccc(Br)nc1.Nc1ccc(Br)nc1. The highest BCUT2D eigenvalue weighted by atomic mass is 79.9. The van der Waals surface area contributed by atoms with Crippen LogP contribution in [0.25, 0.3) is 0 Å². The quantitative estimate of drug-likeness (QED) is 0.779. The van der Waals surface area contributed by atoms with Gasteiger partial charge >= 0.3 is 0 Å². The molecule has 0 aliphatic carbocycles. The van der Waals surface area contributed by atoms with Gasteiger partial charge in [-0.2, -0.15) is 0 Å². The Morgan fingerprint density at radius 1 is 0.944 bits per heavy atom. The van der Waals surface area contributed by atoms with E-state index in [0.29, 0.717) is 5.69 Å². The Hall–Kier alpha value is -1.14. The molecule has 4 nitrogen and oxygen atoms in total. The Balaban J connectivity index is 0.000000184. The third kappa shape index (κ3) is 5.46. The Kier molecular flexibility index (Phi) is 6.07. The van der Waals surface area contributed by atoms with Crippen LogP contribution in [0, 0.1) is 0 Å². The van der Waals surface area contributed by atoms with Crippen LogP contribution in [0.5, 0.6) is 0 Å². The lowest BCUT2D eigenvalue weighted by Gasteiger charge is -2.10. The molecule has 2 aromatic heterocycles. The molecule has 0 atom stereocenters. The van der Waals surface area contributed by atoms with Crippen LogP contribution < -0.4 is 10.6 Å². The van der Waals surface area contributed by atoms with Crippen molar-refractivity contribution in [3.05, 3.63) is 45.9 Å². The summed E-state index contributed by atoms with van der Waals surface area (Å²) >= 11 is 6.44. The van der Waals surface area contributed by atoms with Crippen molar-refractivity contribution in [1.82, 2.24) is 9.97 Å². The minimum atomic E-state index is 0.688. The molecule has 0 saturated heterocycles. The highest BCUT2D eigenvalue weighted by Crippen LogP contribution is 2.12. The van der Waals surface area contributed by atoms with E-state index in [-0.39, 0.29) is 0 Å². The zero-order chi connectivity index (χ0) is 13.5.